The zero-order valence-corrected chi connectivity index (χ0v) is 17.9. The van der Waals surface area contributed by atoms with E-state index in [1.165, 1.54) is 0 Å². The summed E-state index contributed by atoms with van der Waals surface area (Å²) in [5, 5.41) is 30.5. The lowest BCUT2D eigenvalue weighted by atomic mass is 9.81. The van der Waals surface area contributed by atoms with Gasteiger partial charge in [0, 0.05) is 18.0 Å². The second-order valence-electron chi connectivity index (χ2n) is 8.20. The van der Waals surface area contributed by atoms with E-state index in [0.717, 1.165) is 22.3 Å². The van der Waals surface area contributed by atoms with Crippen LogP contribution in [-0.2, 0) is 4.79 Å². The van der Waals surface area contributed by atoms with Gasteiger partial charge in [-0.1, -0.05) is 12.1 Å². The normalized spacial score (nSPS) is 25.2. The fourth-order valence-corrected chi connectivity index (χ4v) is 5.05. The maximum absolute atomic E-state index is 13.2. The third kappa shape index (κ3) is 3.60. The first kappa shape index (κ1) is 21.4. The van der Waals surface area contributed by atoms with Crippen molar-refractivity contribution in [1.82, 2.24) is 15.8 Å². The van der Waals surface area contributed by atoms with Crippen LogP contribution in [0.2, 0.25) is 0 Å². The predicted molar refractivity (Wildman–Crippen MR) is 115 cm³/mol. The van der Waals surface area contributed by atoms with E-state index in [1.807, 2.05) is 26.8 Å². The van der Waals surface area contributed by atoms with E-state index in [4.69, 9.17) is 4.74 Å². The number of nitrogens with zero attached hydrogens (tertiary/aromatic N) is 1. The Balaban J connectivity index is 1.82. The van der Waals surface area contributed by atoms with Crippen molar-refractivity contribution in [2.24, 2.45) is 5.92 Å². The minimum atomic E-state index is -0.508. The summed E-state index contributed by atoms with van der Waals surface area (Å²) in [4.78, 5) is 14.9. The Morgan fingerprint density at radius 2 is 1.81 bits per heavy atom. The first-order valence-corrected chi connectivity index (χ1v) is 10.6. The molecule has 166 valence electrons. The van der Waals surface area contributed by atoms with Gasteiger partial charge in [-0.2, -0.15) is 0 Å². The monoisotopic (exact) mass is 427 g/mol. The molecule has 4 unspecified atom stereocenters. The van der Waals surface area contributed by atoms with E-state index in [1.54, 1.807) is 29.2 Å². The molecule has 2 aliphatic heterocycles. The van der Waals surface area contributed by atoms with Gasteiger partial charge in [0.2, 0.25) is 5.91 Å². The van der Waals surface area contributed by atoms with Crippen molar-refractivity contribution in [2.75, 3.05) is 19.8 Å². The second kappa shape index (κ2) is 8.37. The fraction of sp³-hybridized carbons (Fsp3) is 0.435. The molecule has 5 N–H and O–H groups in total. The highest BCUT2D eigenvalue weighted by Crippen LogP contribution is 2.50. The average molecular weight is 428 g/mol. The Hall–Kier alpha value is -2.81. The number of fused-ring (bicyclic) bond motifs is 1. The molecule has 0 spiro atoms. The fourth-order valence-electron chi connectivity index (χ4n) is 5.05. The van der Waals surface area contributed by atoms with Crippen molar-refractivity contribution in [3.8, 4) is 17.2 Å². The summed E-state index contributed by atoms with van der Waals surface area (Å²) in [7, 11) is 0. The molecule has 2 saturated heterocycles. The molecule has 8 nitrogen and oxygen atoms in total. The molecule has 2 fully saturated rings. The molecule has 0 bridgehead atoms. The van der Waals surface area contributed by atoms with Gasteiger partial charge in [0.05, 0.1) is 25.3 Å². The number of carbonyl (C=O) groups is 1. The first-order chi connectivity index (χ1) is 14.9. The lowest BCUT2D eigenvalue weighted by Crippen LogP contribution is -2.42. The number of hydrogen-bond donors (Lipinski definition) is 5. The van der Waals surface area contributed by atoms with Gasteiger partial charge in [-0.15, -0.1) is 0 Å². The van der Waals surface area contributed by atoms with Gasteiger partial charge >= 0.3 is 0 Å². The zero-order valence-electron chi connectivity index (χ0n) is 17.9. The number of phenols is 2. The maximum Gasteiger partial charge on any atom is 0.242 e. The van der Waals surface area contributed by atoms with E-state index in [9.17, 15) is 20.1 Å². The van der Waals surface area contributed by atoms with Gasteiger partial charge in [0.15, 0.2) is 11.5 Å². The molecule has 0 saturated carbocycles. The summed E-state index contributed by atoms with van der Waals surface area (Å²) >= 11 is 0. The molecule has 2 aromatic rings. The predicted octanol–water partition coefficient (Wildman–Crippen LogP) is 1.82. The minimum Gasteiger partial charge on any atom is -0.508 e. The Labute approximate surface area is 181 Å². The van der Waals surface area contributed by atoms with Crippen LogP contribution in [0.15, 0.2) is 30.3 Å². The Kier molecular flexibility index (Phi) is 5.79. The summed E-state index contributed by atoms with van der Waals surface area (Å²) in [5.41, 5.74) is 9.77. The number of hydrazine groups is 1. The van der Waals surface area contributed by atoms with E-state index < -0.39 is 6.04 Å². The first-order valence-electron chi connectivity index (χ1n) is 10.6. The van der Waals surface area contributed by atoms with Crippen LogP contribution in [0.1, 0.15) is 41.3 Å². The standard InChI is InChI=1S/C23H29N3O5/c1-4-31-17-11-14(5-6-15(17)28)22-19-20(18-13(3)9-12(2)10-16(18)29)24-25-21(19)23(30)26(22)7-8-27/h5-6,9-11,19-22,24-25,27-29H,4,7-8H2,1-3H3. The summed E-state index contributed by atoms with van der Waals surface area (Å²) < 4.78 is 5.56. The number of hydrogen-bond acceptors (Lipinski definition) is 7. The van der Waals surface area contributed by atoms with Gasteiger partial charge in [-0.25, -0.2) is 10.9 Å². The van der Waals surface area contributed by atoms with Gasteiger partial charge < -0.3 is 25.0 Å². The van der Waals surface area contributed by atoms with Crippen LogP contribution in [0.25, 0.3) is 0 Å². The van der Waals surface area contributed by atoms with Crippen molar-refractivity contribution in [3.05, 3.63) is 52.6 Å². The molecule has 31 heavy (non-hydrogen) atoms. The number of amides is 1. The quantitative estimate of drug-likeness (QED) is 0.478. The Morgan fingerprint density at radius 1 is 1.06 bits per heavy atom. The number of aliphatic hydroxyl groups excluding tert-OH is 1. The number of nitrogens with one attached hydrogen (secondary N) is 2. The van der Waals surface area contributed by atoms with Crippen LogP contribution in [0, 0.1) is 19.8 Å². The summed E-state index contributed by atoms with van der Waals surface area (Å²) in [6.07, 6.45) is 0. The molecule has 2 aliphatic rings. The van der Waals surface area contributed by atoms with Crippen molar-refractivity contribution in [2.45, 2.75) is 38.9 Å². The second-order valence-corrected chi connectivity index (χ2v) is 8.20. The van der Waals surface area contributed by atoms with E-state index in [-0.39, 0.29) is 48.6 Å². The third-order valence-electron chi connectivity index (χ3n) is 6.20. The number of rotatable bonds is 6. The van der Waals surface area contributed by atoms with Gasteiger partial charge in [-0.05, 0) is 55.7 Å². The van der Waals surface area contributed by atoms with Gasteiger partial charge in [-0.3, -0.25) is 4.79 Å². The molecular formula is C23H29N3O5. The number of aryl methyl sites for hydroxylation is 2. The number of likely N-dealkylation sites (tertiary alicyclic amines) is 1. The SMILES string of the molecule is CCOc1cc(C2C3C(NNC3c3c(C)cc(C)cc3O)C(=O)N2CCO)ccc1O. The number of carbonyl (C=O) groups excluding carboxylic acids is 1. The van der Waals surface area contributed by atoms with Crippen LogP contribution in [-0.4, -0.2) is 51.9 Å². The molecular weight excluding hydrogens is 398 g/mol. The largest absolute Gasteiger partial charge is 0.508 e. The lowest BCUT2D eigenvalue weighted by Gasteiger charge is -2.32. The van der Waals surface area contributed by atoms with Crippen molar-refractivity contribution >= 4 is 5.91 Å². The van der Waals surface area contributed by atoms with Crippen LogP contribution in [0.5, 0.6) is 17.2 Å². The van der Waals surface area contributed by atoms with E-state index in [2.05, 4.69) is 10.9 Å². The molecule has 4 atom stereocenters. The molecule has 0 aromatic heterocycles. The van der Waals surface area contributed by atoms with Crippen molar-refractivity contribution in [1.29, 1.82) is 0 Å². The van der Waals surface area contributed by atoms with Crippen LogP contribution in [0.3, 0.4) is 0 Å². The molecule has 0 aliphatic carbocycles. The highest BCUT2D eigenvalue weighted by molar-refractivity contribution is 5.86. The Bertz CT molecular complexity index is 972. The Morgan fingerprint density at radius 3 is 2.48 bits per heavy atom. The molecule has 8 heteroatoms. The third-order valence-corrected chi connectivity index (χ3v) is 6.20. The van der Waals surface area contributed by atoms with E-state index in [0.29, 0.717) is 12.4 Å². The number of aliphatic hydroxyl groups is 1. The van der Waals surface area contributed by atoms with Gasteiger partial charge in [0.25, 0.3) is 0 Å². The van der Waals surface area contributed by atoms with Crippen molar-refractivity contribution in [3.63, 3.8) is 0 Å². The average Bonchev–Trinajstić information content (AvgIpc) is 3.24. The summed E-state index contributed by atoms with van der Waals surface area (Å²) in [6.45, 7) is 6.14. The number of β-amino-alcohol motifs (C(OH)–C–C–N with tert-alkyl or cyclic N) is 1. The number of aromatic hydroxyl groups is 2. The van der Waals surface area contributed by atoms with Crippen LogP contribution >= 0.6 is 0 Å². The van der Waals surface area contributed by atoms with E-state index >= 15 is 0 Å². The number of ether oxygens (including phenoxy) is 1. The molecule has 2 heterocycles. The highest BCUT2D eigenvalue weighted by atomic mass is 16.5. The lowest BCUT2D eigenvalue weighted by molar-refractivity contribution is -0.131. The molecule has 0 radical (unpaired) electrons. The number of benzene rings is 2. The van der Waals surface area contributed by atoms with Gasteiger partial charge in [0.1, 0.15) is 11.8 Å². The van der Waals surface area contributed by atoms with Crippen LogP contribution < -0.4 is 15.6 Å². The van der Waals surface area contributed by atoms with Crippen LogP contribution in [0.4, 0.5) is 0 Å². The smallest absolute Gasteiger partial charge is 0.242 e. The molecule has 1 amide bonds. The molecule has 4 rings (SSSR count). The van der Waals surface area contributed by atoms with Crippen molar-refractivity contribution < 1.29 is 24.9 Å². The summed E-state index contributed by atoms with van der Waals surface area (Å²) in [6, 6.07) is 7.61. The minimum absolute atomic E-state index is 0.0337. The zero-order chi connectivity index (χ0) is 22.3. The number of phenolic OH excluding ortho intramolecular Hbond substituents is 2. The maximum atomic E-state index is 13.2. The highest BCUT2D eigenvalue weighted by Gasteiger charge is 2.56. The summed E-state index contributed by atoms with van der Waals surface area (Å²) in [5.74, 6) is 0.209. The topological polar surface area (TPSA) is 114 Å². The molecule has 2 aromatic carbocycles.